The fourth-order valence-corrected chi connectivity index (χ4v) is 2.51. The minimum atomic E-state index is -0.802. The van der Waals surface area contributed by atoms with Crippen LogP contribution in [0.5, 0.6) is 5.75 Å². The third-order valence-corrected chi connectivity index (χ3v) is 4.33. The van der Waals surface area contributed by atoms with Crippen molar-refractivity contribution in [1.82, 2.24) is 0 Å². The van der Waals surface area contributed by atoms with E-state index in [9.17, 15) is 9.59 Å². The Hall–Kier alpha value is -2.24. The Labute approximate surface area is 156 Å². The van der Waals surface area contributed by atoms with Gasteiger partial charge in [0.05, 0.1) is 16.4 Å². The second-order valence-corrected chi connectivity index (χ2v) is 6.25. The maximum absolute atomic E-state index is 12.4. The van der Waals surface area contributed by atoms with Gasteiger partial charge in [0, 0.05) is 11.9 Å². The Bertz CT molecular complexity index is 809. The summed E-state index contributed by atoms with van der Waals surface area (Å²) in [7, 11) is 0. The standard InChI is InChI=1S/C18H18Cl2N2O3/c1-10-13(19)8-9-16(17(10)20)25-11(2)18(24)22-15-7-5-4-6-14(15)21-12(3)23/h4-9,11H,1-3H3,(H,21,23)(H,22,24). The van der Waals surface area contributed by atoms with E-state index < -0.39 is 6.10 Å². The van der Waals surface area contributed by atoms with Crippen LogP contribution in [-0.4, -0.2) is 17.9 Å². The van der Waals surface area contributed by atoms with Crippen molar-refractivity contribution in [3.8, 4) is 5.75 Å². The first-order valence-corrected chi connectivity index (χ1v) is 8.34. The number of rotatable bonds is 5. The average molecular weight is 381 g/mol. The Morgan fingerprint density at radius 3 is 2.24 bits per heavy atom. The summed E-state index contributed by atoms with van der Waals surface area (Å²) in [5.74, 6) is -0.225. The molecule has 0 bridgehead atoms. The van der Waals surface area contributed by atoms with Crippen molar-refractivity contribution in [2.75, 3.05) is 10.6 Å². The summed E-state index contributed by atoms with van der Waals surface area (Å²) in [6.07, 6.45) is -0.802. The topological polar surface area (TPSA) is 67.4 Å². The fraction of sp³-hybridized carbons (Fsp3) is 0.222. The van der Waals surface area contributed by atoms with Crippen LogP contribution in [0.3, 0.4) is 0 Å². The summed E-state index contributed by atoms with van der Waals surface area (Å²) in [4.78, 5) is 23.6. The van der Waals surface area contributed by atoms with Gasteiger partial charge in [-0.3, -0.25) is 9.59 Å². The second kappa shape index (κ2) is 8.23. The van der Waals surface area contributed by atoms with Gasteiger partial charge in [-0.1, -0.05) is 35.3 Å². The molecule has 2 rings (SSSR count). The van der Waals surface area contributed by atoms with Crippen molar-refractivity contribution >= 4 is 46.4 Å². The Morgan fingerprint density at radius 2 is 1.64 bits per heavy atom. The Kier molecular flexibility index (Phi) is 6.28. The van der Waals surface area contributed by atoms with Gasteiger partial charge in [0.15, 0.2) is 6.10 Å². The molecule has 5 nitrogen and oxygen atoms in total. The van der Waals surface area contributed by atoms with Crippen molar-refractivity contribution in [3.63, 3.8) is 0 Å². The van der Waals surface area contributed by atoms with Crippen LogP contribution in [0.4, 0.5) is 11.4 Å². The summed E-state index contributed by atoms with van der Waals surface area (Å²) < 4.78 is 5.65. The smallest absolute Gasteiger partial charge is 0.265 e. The molecule has 0 radical (unpaired) electrons. The number of halogens is 2. The number of anilines is 2. The lowest BCUT2D eigenvalue weighted by Crippen LogP contribution is -2.30. The van der Waals surface area contributed by atoms with Crippen LogP contribution < -0.4 is 15.4 Å². The minimum absolute atomic E-state index is 0.227. The average Bonchev–Trinajstić information content (AvgIpc) is 2.56. The molecule has 2 aromatic rings. The molecule has 0 spiro atoms. The lowest BCUT2D eigenvalue weighted by atomic mass is 10.2. The zero-order valence-electron chi connectivity index (χ0n) is 14.0. The van der Waals surface area contributed by atoms with Crippen LogP contribution >= 0.6 is 23.2 Å². The van der Waals surface area contributed by atoms with Gasteiger partial charge >= 0.3 is 0 Å². The van der Waals surface area contributed by atoms with E-state index in [1.807, 2.05) is 0 Å². The Balaban J connectivity index is 2.11. The van der Waals surface area contributed by atoms with E-state index in [4.69, 9.17) is 27.9 Å². The summed E-state index contributed by atoms with van der Waals surface area (Å²) in [5.41, 5.74) is 1.68. The molecule has 2 N–H and O–H groups in total. The van der Waals surface area contributed by atoms with E-state index in [1.165, 1.54) is 6.92 Å². The molecule has 0 aliphatic heterocycles. The Morgan fingerprint density at radius 1 is 1.04 bits per heavy atom. The number of benzene rings is 2. The van der Waals surface area contributed by atoms with Gasteiger partial charge in [0.1, 0.15) is 5.75 Å². The summed E-state index contributed by atoms with van der Waals surface area (Å²) >= 11 is 12.2. The molecule has 0 aromatic heterocycles. The molecule has 0 saturated heterocycles. The highest BCUT2D eigenvalue weighted by Crippen LogP contribution is 2.33. The molecule has 0 aliphatic rings. The van der Waals surface area contributed by atoms with Crippen LogP contribution in [-0.2, 0) is 9.59 Å². The SMILES string of the molecule is CC(=O)Nc1ccccc1NC(=O)C(C)Oc1ccc(Cl)c(C)c1Cl. The number of carbonyl (C=O) groups excluding carboxylic acids is 2. The van der Waals surface area contributed by atoms with Gasteiger partial charge in [-0.25, -0.2) is 0 Å². The minimum Gasteiger partial charge on any atom is -0.479 e. The van der Waals surface area contributed by atoms with Crippen LogP contribution in [0.15, 0.2) is 36.4 Å². The van der Waals surface area contributed by atoms with E-state index in [1.54, 1.807) is 50.2 Å². The van der Waals surface area contributed by atoms with Gasteiger partial charge in [-0.2, -0.15) is 0 Å². The normalized spacial score (nSPS) is 11.6. The van der Waals surface area contributed by atoms with Crippen molar-refractivity contribution in [1.29, 1.82) is 0 Å². The van der Waals surface area contributed by atoms with Gasteiger partial charge in [0.2, 0.25) is 5.91 Å². The lowest BCUT2D eigenvalue weighted by Gasteiger charge is -2.18. The zero-order valence-corrected chi connectivity index (χ0v) is 15.5. The van der Waals surface area contributed by atoms with E-state index >= 15 is 0 Å². The number of amides is 2. The van der Waals surface area contributed by atoms with Gasteiger partial charge in [0.25, 0.3) is 5.91 Å². The molecule has 2 aromatic carbocycles. The highest BCUT2D eigenvalue weighted by atomic mass is 35.5. The maximum Gasteiger partial charge on any atom is 0.265 e. The van der Waals surface area contributed by atoms with E-state index in [-0.39, 0.29) is 11.8 Å². The molecular formula is C18H18Cl2N2O3. The quantitative estimate of drug-likeness (QED) is 0.791. The van der Waals surface area contributed by atoms with Gasteiger partial charge < -0.3 is 15.4 Å². The van der Waals surface area contributed by atoms with E-state index in [2.05, 4.69) is 10.6 Å². The van der Waals surface area contributed by atoms with Crippen molar-refractivity contribution in [2.45, 2.75) is 26.9 Å². The number of para-hydroxylation sites is 2. The summed E-state index contributed by atoms with van der Waals surface area (Å²) in [6.45, 7) is 4.78. The molecule has 0 heterocycles. The molecular weight excluding hydrogens is 363 g/mol. The third-order valence-electron chi connectivity index (χ3n) is 3.45. The first-order chi connectivity index (χ1) is 11.8. The van der Waals surface area contributed by atoms with Gasteiger partial charge in [-0.15, -0.1) is 0 Å². The van der Waals surface area contributed by atoms with Crippen LogP contribution in [0.2, 0.25) is 10.0 Å². The largest absolute Gasteiger partial charge is 0.479 e. The fourth-order valence-electron chi connectivity index (χ4n) is 2.10. The monoisotopic (exact) mass is 380 g/mol. The highest BCUT2D eigenvalue weighted by molar-refractivity contribution is 6.36. The number of ether oxygens (including phenoxy) is 1. The molecule has 0 aliphatic carbocycles. The molecule has 0 fully saturated rings. The van der Waals surface area contributed by atoms with Crippen LogP contribution in [0.1, 0.15) is 19.4 Å². The first-order valence-electron chi connectivity index (χ1n) is 7.58. The highest BCUT2D eigenvalue weighted by Gasteiger charge is 2.19. The lowest BCUT2D eigenvalue weighted by molar-refractivity contribution is -0.122. The molecule has 2 amide bonds. The number of hydrogen-bond acceptors (Lipinski definition) is 3. The van der Waals surface area contributed by atoms with Crippen molar-refractivity contribution < 1.29 is 14.3 Å². The molecule has 132 valence electrons. The van der Waals surface area contributed by atoms with Crippen LogP contribution in [0, 0.1) is 6.92 Å². The predicted molar refractivity (Wildman–Crippen MR) is 101 cm³/mol. The predicted octanol–water partition coefficient (Wildman–Crippen LogP) is 4.67. The molecule has 1 unspecified atom stereocenters. The van der Waals surface area contributed by atoms with Crippen molar-refractivity contribution in [2.24, 2.45) is 0 Å². The number of carbonyl (C=O) groups is 2. The molecule has 7 heteroatoms. The summed E-state index contributed by atoms with van der Waals surface area (Å²) in [5, 5.41) is 6.29. The molecule has 1 atom stereocenters. The van der Waals surface area contributed by atoms with Gasteiger partial charge in [-0.05, 0) is 43.7 Å². The zero-order chi connectivity index (χ0) is 18.6. The van der Waals surface area contributed by atoms with Crippen molar-refractivity contribution in [3.05, 3.63) is 52.0 Å². The third kappa shape index (κ3) is 4.87. The van der Waals surface area contributed by atoms with E-state index in [0.29, 0.717) is 32.7 Å². The molecule has 0 saturated carbocycles. The maximum atomic E-state index is 12.4. The number of nitrogens with one attached hydrogen (secondary N) is 2. The second-order valence-electron chi connectivity index (χ2n) is 5.46. The first kappa shape index (κ1) is 19.1. The van der Waals surface area contributed by atoms with Crippen LogP contribution in [0.25, 0.3) is 0 Å². The summed E-state index contributed by atoms with van der Waals surface area (Å²) in [6, 6.07) is 10.2. The van der Waals surface area contributed by atoms with E-state index in [0.717, 1.165) is 0 Å². The molecule has 25 heavy (non-hydrogen) atoms. The number of hydrogen-bond donors (Lipinski definition) is 2.